The van der Waals surface area contributed by atoms with Gasteiger partial charge >= 0.3 is 6.18 Å². The molecule has 6 nitrogen and oxygen atoms in total. The highest BCUT2D eigenvalue weighted by Gasteiger charge is 2.26. The molecular formula is C10H15F3N4O2S. The number of halogens is 3. The molecule has 20 heavy (non-hydrogen) atoms. The number of nitrogens with one attached hydrogen (secondary N) is 2. The van der Waals surface area contributed by atoms with Gasteiger partial charge in [0.05, 0.1) is 5.69 Å². The highest BCUT2D eigenvalue weighted by atomic mass is 32.2. The van der Waals surface area contributed by atoms with Gasteiger partial charge in [-0.25, -0.2) is 13.1 Å². The Hall–Kier alpha value is -1.39. The lowest BCUT2D eigenvalue weighted by molar-refractivity contribution is -0.135. The van der Waals surface area contributed by atoms with Crippen LogP contribution >= 0.6 is 0 Å². The first kappa shape index (κ1) is 16.7. The maximum atomic E-state index is 11.9. The molecule has 0 saturated carbocycles. The van der Waals surface area contributed by atoms with Crippen molar-refractivity contribution in [2.45, 2.75) is 30.3 Å². The summed E-state index contributed by atoms with van der Waals surface area (Å²) in [4.78, 5) is 3.52. The number of hydrogen-bond donors (Lipinski definition) is 3. The molecule has 10 heteroatoms. The molecule has 0 aliphatic carbocycles. The summed E-state index contributed by atoms with van der Waals surface area (Å²) in [5.41, 5.74) is 2.37. The number of nitrogens with two attached hydrogens (primary N) is 1. The third-order valence-corrected chi connectivity index (χ3v) is 3.90. The van der Waals surface area contributed by atoms with Crippen LogP contribution in [0.4, 0.5) is 18.9 Å². The van der Waals surface area contributed by atoms with E-state index in [1.807, 2.05) is 0 Å². The molecule has 1 aromatic heterocycles. The van der Waals surface area contributed by atoms with Crippen molar-refractivity contribution >= 4 is 15.7 Å². The molecule has 4 N–H and O–H groups in total. The maximum Gasteiger partial charge on any atom is 0.389 e. The number of nitrogens with zero attached hydrogens (tertiary/aromatic N) is 1. The average Bonchev–Trinajstić information content (AvgIpc) is 2.36. The smallest absolute Gasteiger partial charge is 0.323 e. The molecule has 0 fully saturated rings. The number of rotatable bonds is 7. The van der Waals surface area contributed by atoms with Crippen LogP contribution < -0.4 is 16.0 Å². The van der Waals surface area contributed by atoms with Crippen molar-refractivity contribution in [3.63, 3.8) is 0 Å². The molecule has 0 unspecified atom stereocenters. The summed E-state index contributed by atoms with van der Waals surface area (Å²) < 4.78 is 61.7. The Kier molecular flexibility index (Phi) is 5.72. The monoisotopic (exact) mass is 312 g/mol. The predicted molar refractivity (Wildman–Crippen MR) is 67.1 cm³/mol. The third kappa shape index (κ3) is 5.31. The summed E-state index contributed by atoms with van der Waals surface area (Å²) in [6.45, 7) is -0.0860. The number of anilines is 1. The van der Waals surface area contributed by atoms with Gasteiger partial charge in [-0.05, 0) is 18.9 Å². The minimum atomic E-state index is -4.22. The molecule has 1 rings (SSSR count). The minimum Gasteiger partial charge on any atom is -0.323 e. The first-order chi connectivity index (χ1) is 9.26. The summed E-state index contributed by atoms with van der Waals surface area (Å²) in [5.74, 6) is 5.18. The van der Waals surface area contributed by atoms with Gasteiger partial charge in [0.1, 0.15) is 4.90 Å². The molecule has 0 aromatic carbocycles. The lowest BCUT2D eigenvalue weighted by Gasteiger charge is -2.10. The standard InChI is InChI=1S/C10H15F3N4O2S/c11-10(12,13)4-1-2-5-16-20(18,19)9-7-15-6-3-8(9)17-14/h3,6-7,16H,1-2,4-5,14H2,(H,15,17). The Bertz CT molecular complexity index is 534. The van der Waals surface area contributed by atoms with Crippen LogP contribution in [0.15, 0.2) is 23.4 Å². The van der Waals surface area contributed by atoms with E-state index in [1.165, 1.54) is 12.3 Å². The minimum absolute atomic E-state index is 0.0860. The van der Waals surface area contributed by atoms with Gasteiger partial charge in [0.15, 0.2) is 0 Å². The number of unbranched alkanes of at least 4 members (excludes halogenated alkanes) is 1. The number of sulfonamides is 1. The Balaban J connectivity index is 2.54. The Morgan fingerprint density at radius 1 is 1.30 bits per heavy atom. The van der Waals surface area contributed by atoms with Crippen LogP contribution in [0.25, 0.3) is 0 Å². The van der Waals surface area contributed by atoms with Crippen LogP contribution in [0.3, 0.4) is 0 Å². The van der Waals surface area contributed by atoms with Crippen molar-refractivity contribution in [3.05, 3.63) is 18.5 Å². The molecule has 0 bridgehead atoms. The molecule has 0 aliphatic rings. The molecule has 0 aliphatic heterocycles. The van der Waals surface area contributed by atoms with Crippen molar-refractivity contribution in [3.8, 4) is 0 Å². The Labute approximate surface area is 114 Å². The summed E-state index contributed by atoms with van der Waals surface area (Å²) in [6.07, 6.45) is -2.74. The zero-order valence-electron chi connectivity index (χ0n) is 10.4. The first-order valence-electron chi connectivity index (χ1n) is 5.73. The second kappa shape index (κ2) is 6.86. The lowest BCUT2D eigenvalue weighted by atomic mass is 10.2. The Morgan fingerprint density at radius 3 is 2.60 bits per heavy atom. The number of pyridine rings is 1. The van der Waals surface area contributed by atoms with Gasteiger partial charge < -0.3 is 5.43 Å². The van der Waals surface area contributed by atoms with Crippen molar-refractivity contribution in [1.82, 2.24) is 9.71 Å². The third-order valence-electron chi connectivity index (χ3n) is 2.41. The van der Waals surface area contributed by atoms with Crippen molar-refractivity contribution in [1.29, 1.82) is 0 Å². The summed E-state index contributed by atoms with van der Waals surface area (Å²) >= 11 is 0. The van der Waals surface area contributed by atoms with Crippen LogP contribution in [0, 0.1) is 0 Å². The van der Waals surface area contributed by atoms with Crippen molar-refractivity contribution in [2.24, 2.45) is 5.84 Å². The first-order valence-corrected chi connectivity index (χ1v) is 7.21. The number of nitrogen functional groups attached to an aromatic ring is 1. The van der Waals surface area contributed by atoms with E-state index < -0.39 is 22.6 Å². The van der Waals surface area contributed by atoms with E-state index in [9.17, 15) is 21.6 Å². The number of alkyl halides is 3. The van der Waals surface area contributed by atoms with E-state index in [-0.39, 0.29) is 30.0 Å². The van der Waals surface area contributed by atoms with E-state index in [1.54, 1.807) is 0 Å². The fourth-order valence-corrected chi connectivity index (χ4v) is 2.63. The molecule has 0 atom stereocenters. The fraction of sp³-hybridized carbons (Fsp3) is 0.500. The number of aromatic nitrogens is 1. The largest absolute Gasteiger partial charge is 0.389 e. The second-order valence-corrected chi connectivity index (χ2v) is 5.72. The van der Waals surface area contributed by atoms with Crippen molar-refractivity contribution in [2.75, 3.05) is 12.0 Å². The SMILES string of the molecule is NNc1ccncc1S(=O)(=O)NCCCCC(F)(F)F. The molecule has 0 saturated heterocycles. The zero-order valence-corrected chi connectivity index (χ0v) is 11.3. The van der Waals surface area contributed by atoms with Crippen LogP contribution in [0.5, 0.6) is 0 Å². The topological polar surface area (TPSA) is 97.1 Å². The molecule has 0 radical (unpaired) electrons. The van der Waals surface area contributed by atoms with Gasteiger partial charge in [0.25, 0.3) is 0 Å². The fourth-order valence-electron chi connectivity index (χ4n) is 1.45. The summed E-state index contributed by atoms with van der Waals surface area (Å²) in [6, 6.07) is 1.37. The average molecular weight is 312 g/mol. The van der Waals surface area contributed by atoms with Gasteiger partial charge in [0, 0.05) is 25.4 Å². The Morgan fingerprint density at radius 2 is 2.00 bits per heavy atom. The van der Waals surface area contributed by atoms with E-state index in [0.29, 0.717) is 0 Å². The highest BCUT2D eigenvalue weighted by molar-refractivity contribution is 7.89. The van der Waals surface area contributed by atoms with Crippen LogP contribution in [-0.4, -0.2) is 26.1 Å². The quantitative estimate of drug-likeness (QED) is 0.401. The highest BCUT2D eigenvalue weighted by Crippen LogP contribution is 2.22. The van der Waals surface area contributed by atoms with Crippen LogP contribution in [-0.2, 0) is 10.0 Å². The molecule has 0 amide bonds. The molecule has 114 valence electrons. The van der Waals surface area contributed by atoms with Gasteiger partial charge in [0.2, 0.25) is 10.0 Å². The van der Waals surface area contributed by atoms with E-state index >= 15 is 0 Å². The van der Waals surface area contributed by atoms with Gasteiger partial charge in [-0.2, -0.15) is 13.2 Å². The van der Waals surface area contributed by atoms with E-state index in [4.69, 9.17) is 5.84 Å². The maximum absolute atomic E-state index is 11.9. The van der Waals surface area contributed by atoms with E-state index in [2.05, 4.69) is 15.1 Å². The predicted octanol–water partition coefficient (Wildman–Crippen LogP) is 1.38. The normalized spacial score (nSPS) is 12.4. The summed E-state index contributed by atoms with van der Waals surface area (Å²) in [7, 11) is -3.86. The second-order valence-electron chi connectivity index (χ2n) is 3.99. The van der Waals surface area contributed by atoms with Gasteiger partial charge in [-0.15, -0.1) is 0 Å². The molecular weight excluding hydrogens is 297 g/mol. The zero-order chi connectivity index (χ0) is 15.2. The van der Waals surface area contributed by atoms with Crippen molar-refractivity contribution < 1.29 is 21.6 Å². The van der Waals surface area contributed by atoms with Crippen LogP contribution in [0.2, 0.25) is 0 Å². The number of hydrogen-bond acceptors (Lipinski definition) is 5. The van der Waals surface area contributed by atoms with Gasteiger partial charge in [-0.1, -0.05) is 0 Å². The lowest BCUT2D eigenvalue weighted by Crippen LogP contribution is -2.26. The molecule has 0 spiro atoms. The van der Waals surface area contributed by atoms with Gasteiger partial charge in [-0.3, -0.25) is 10.8 Å². The summed E-state index contributed by atoms with van der Waals surface area (Å²) in [5, 5.41) is 0. The number of hydrazine groups is 1. The molecule has 1 aromatic rings. The van der Waals surface area contributed by atoms with Crippen LogP contribution in [0.1, 0.15) is 19.3 Å². The van der Waals surface area contributed by atoms with E-state index in [0.717, 1.165) is 6.20 Å². The molecule has 1 heterocycles.